The Labute approximate surface area is 128 Å². The van der Waals surface area contributed by atoms with Gasteiger partial charge in [0.2, 0.25) is 0 Å². The summed E-state index contributed by atoms with van der Waals surface area (Å²) in [6.45, 7) is 7.12. The van der Waals surface area contributed by atoms with Gasteiger partial charge in [0.15, 0.2) is 0 Å². The Hall–Kier alpha value is -1.13. The summed E-state index contributed by atoms with van der Waals surface area (Å²) in [6, 6.07) is 5.13. The van der Waals surface area contributed by atoms with Crippen molar-refractivity contribution in [2.24, 2.45) is 5.92 Å². The van der Waals surface area contributed by atoms with Gasteiger partial charge in [-0.05, 0) is 69.2 Å². The van der Waals surface area contributed by atoms with Crippen LogP contribution in [0.15, 0.2) is 18.2 Å². The lowest BCUT2D eigenvalue weighted by Crippen LogP contribution is -2.36. The van der Waals surface area contributed by atoms with E-state index in [0.717, 1.165) is 36.8 Å². The molecule has 1 aliphatic rings. The second-order valence-corrected chi connectivity index (χ2v) is 6.18. The van der Waals surface area contributed by atoms with Gasteiger partial charge in [-0.2, -0.15) is 0 Å². The molecule has 3 nitrogen and oxygen atoms in total. The van der Waals surface area contributed by atoms with Gasteiger partial charge in [0, 0.05) is 25.8 Å². The van der Waals surface area contributed by atoms with Gasteiger partial charge in [-0.3, -0.25) is 0 Å². The van der Waals surface area contributed by atoms with E-state index in [-0.39, 0.29) is 5.82 Å². The maximum Gasteiger partial charge on any atom is 0.123 e. The SMILES string of the molecule is CCNCc1cc(F)ccc1N(C)CC1CCN(C)CC1. The number of nitrogens with zero attached hydrogens (tertiary/aromatic N) is 2. The van der Waals surface area contributed by atoms with Crippen LogP contribution in [0.2, 0.25) is 0 Å². The van der Waals surface area contributed by atoms with Gasteiger partial charge in [-0.15, -0.1) is 0 Å². The Morgan fingerprint density at radius 1 is 1.33 bits per heavy atom. The minimum Gasteiger partial charge on any atom is -0.374 e. The fourth-order valence-corrected chi connectivity index (χ4v) is 3.06. The molecule has 2 rings (SSSR count). The molecule has 1 saturated heterocycles. The number of rotatable bonds is 6. The average molecular weight is 293 g/mol. The highest BCUT2D eigenvalue weighted by Crippen LogP contribution is 2.24. The van der Waals surface area contributed by atoms with E-state index < -0.39 is 0 Å². The lowest BCUT2D eigenvalue weighted by atomic mass is 9.96. The van der Waals surface area contributed by atoms with E-state index in [2.05, 4.69) is 36.1 Å². The van der Waals surface area contributed by atoms with E-state index in [0.29, 0.717) is 0 Å². The van der Waals surface area contributed by atoms with Crippen LogP contribution >= 0.6 is 0 Å². The summed E-state index contributed by atoms with van der Waals surface area (Å²) in [7, 11) is 4.31. The van der Waals surface area contributed by atoms with Gasteiger partial charge in [0.05, 0.1) is 0 Å². The van der Waals surface area contributed by atoms with Crippen molar-refractivity contribution < 1.29 is 4.39 Å². The molecule has 0 aliphatic carbocycles. The zero-order valence-electron chi connectivity index (χ0n) is 13.5. The van der Waals surface area contributed by atoms with Crippen LogP contribution in [0.3, 0.4) is 0 Å². The standard InChI is InChI=1S/C17H28FN3/c1-4-19-12-15-11-16(18)5-6-17(15)21(3)13-14-7-9-20(2)10-8-14/h5-6,11,14,19H,4,7-10,12-13H2,1-3H3. The van der Waals surface area contributed by atoms with Gasteiger partial charge in [-0.1, -0.05) is 6.92 Å². The van der Waals surface area contributed by atoms with Crippen LogP contribution < -0.4 is 10.2 Å². The van der Waals surface area contributed by atoms with Crippen molar-refractivity contribution in [1.29, 1.82) is 0 Å². The fraction of sp³-hybridized carbons (Fsp3) is 0.647. The third-order valence-corrected chi connectivity index (χ3v) is 4.39. The number of piperidine rings is 1. The Bertz CT molecular complexity index is 442. The number of halogens is 1. The number of hydrogen-bond acceptors (Lipinski definition) is 3. The minimum absolute atomic E-state index is 0.153. The number of hydrogen-bond donors (Lipinski definition) is 1. The molecule has 0 bridgehead atoms. The zero-order chi connectivity index (χ0) is 15.2. The molecular weight excluding hydrogens is 265 g/mol. The number of anilines is 1. The fourth-order valence-electron chi connectivity index (χ4n) is 3.06. The van der Waals surface area contributed by atoms with Crippen molar-refractivity contribution in [3.05, 3.63) is 29.6 Å². The Kier molecular flexibility index (Phi) is 6.00. The Morgan fingerprint density at radius 3 is 2.71 bits per heavy atom. The first-order valence-electron chi connectivity index (χ1n) is 7.99. The molecule has 118 valence electrons. The van der Waals surface area contributed by atoms with Gasteiger partial charge in [0.25, 0.3) is 0 Å². The largest absolute Gasteiger partial charge is 0.374 e. The molecule has 1 aliphatic heterocycles. The molecule has 1 heterocycles. The maximum absolute atomic E-state index is 13.5. The predicted octanol–water partition coefficient (Wildman–Crippen LogP) is 2.71. The summed E-state index contributed by atoms with van der Waals surface area (Å²) >= 11 is 0. The average Bonchev–Trinajstić information content (AvgIpc) is 2.47. The molecule has 1 aromatic carbocycles. The zero-order valence-corrected chi connectivity index (χ0v) is 13.5. The van der Waals surface area contributed by atoms with E-state index in [4.69, 9.17) is 0 Å². The van der Waals surface area contributed by atoms with E-state index in [9.17, 15) is 4.39 Å². The number of likely N-dealkylation sites (tertiary alicyclic amines) is 1. The van der Waals surface area contributed by atoms with Gasteiger partial charge in [-0.25, -0.2) is 4.39 Å². The molecule has 1 N–H and O–H groups in total. The van der Waals surface area contributed by atoms with Crippen molar-refractivity contribution in [1.82, 2.24) is 10.2 Å². The van der Waals surface area contributed by atoms with Gasteiger partial charge < -0.3 is 15.1 Å². The van der Waals surface area contributed by atoms with Crippen LogP contribution in [-0.4, -0.2) is 45.2 Å². The van der Waals surface area contributed by atoms with Crippen LogP contribution in [-0.2, 0) is 6.54 Å². The lowest BCUT2D eigenvalue weighted by Gasteiger charge is -2.33. The first kappa shape index (κ1) is 16.2. The highest BCUT2D eigenvalue weighted by atomic mass is 19.1. The normalized spacial score (nSPS) is 17.1. The smallest absolute Gasteiger partial charge is 0.123 e. The summed E-state index contributed by atoms with van der Waals surface area (Å²) in [5, 5.41) is 3.30. The topological polar surface area (TPSA) is 18.5 Å². The molecule has 0 amide bonds. The molecule has 0 radical (unpaired) electrons. The monoisotopic (exact) mass is 293 g/mol. The van der Waals surface area contributed by atoms with E-state index in [1.54, 1.807) is 12.1 Å². The Balaban J connectivity index is 2.02. The molecule has 0 unspecified atom stereocenters. The molecule has 4 heteroatoms. The quantitative estimate of drug-likeness (QED) is 0.870. The van der Waals surface area contributed by atoms with Crippen LogP contribution in [0.4, 0.5) is 10.1 Å². The van der Waals surface area contributed by atoms with Crippen molar-refractivity contribution in [3.8, 4) is 0 Å². The molecule has 1 aromatic rings. The minimum atomic E-state index is -0.153. The number of nitrogens with one attached hydrogen (secondary N) is 1. The van der Waals surface area contributed by atoms with Crippen molar-refractivity contribution in [2.45, 2.75) is 26.3 Å². The van der Waals surface area contributed by atoms with E-state index in [1.165, 1.54) is 25.9 Å². The molecule has 0 atom stereocenters. The van der Waals surface area contributed by atoms with E-state index in [1.807, 2.05) is 6.07 Å². The van der Waals surface area contributed by atoms with Crippen LogP contribution in [0.1, 0.15) is 25.3 Å². The molecular formula is C17H28FN3. The lowest BCUT2D eigenvalue weighted by molar-refractivity contribution is 0.222. The summed E-state index contributed by atoms with van der Waals surface area (Å²) in [6.07, 6.45) is 2.51. The van der Waals surface area contributed by atoms with Crippen LogP contribution in [0.25, 0.3) is 0 Å². The van der Waals surface area contributed by atoms with Gasteiger partial charge >= 0.3 is 0 Å². The molecule has 0 spiro atoms. The number of benzene rings is 1. The summed E-state index contributed by atoms with van der Waals surface area (Å²) in [5.41, 5.74) is 2.20. The highest BCUT2D eigenvalue weighted by Gasteiger charge is 2.19. The second-order valence-electron chi connectivity index (χ2n) is 6.18. The first-order chi connectivity index (χ1) is 10.1. The predicted molar refractivity (Wildman–Crippen MR) is 87.3 cm³/mol. The second kappa shape index (κ2) is 7.76. The maximum atomic E-state index is 13.5. The van der Waals surface area contributed by atoms with Gasteiger partial charge in [0.1, 0.15) is 5.82 Å². The summed E-state index contributed by atoms with van der Waals surface area (Å²) in [4.78, 5) is 4.69. The van der Waals surface area contributed by atoms with Crippen molar-refractivity contribution >= 4 is 5.69 Å². The summed E-state index contributed by atoms with van der Waals surface area (Å²) < 4.78 is 13.5. The Morgan fingerprint density at radius 2 is 2.05 bits per heavy atom. The summed E-state index contributed by atoms with van der Waals surface area (Å²) in [5.74, 6) is 0.586. The van der Waals surface area contributed by atoms with Crippen LogP contribution in [0.5, 0.6) is 0 Å². The molecule has 0 saturated carbocycles. The molecule has 0 aromatic heterocycles. The molecule has 1 fully saturated rings. The van der Waals surface area contributed by atoms with Crippen molar-refractivity contribution in [3.63, 3.8) is 0 Å². The van der Waals surface area contributed by atoms with Crippen LogP contribution in [0, 0.1) is 11.7 Å². The first-order valence-corrected chi connectivity index (χ1v) is 7.99. The highest BCUT2D eigenvalue weighted by molar-refractivity contribution is 5.53. The third-order valence-electron chi connectivity index (χ3n) is 4.39. The molecule has 21 heavy (non-hydrogen) atoms. The van der Waals surface area contributed by atoms with Crippen molar-refractivity contribution in [2.75, 3.05) is 45.2 Å². The third kappa shape index (κ3) is 4.68. The van der Waals surface area contributed by atoms with E-state index >= 15 is 0 Å².